The van der Waals surface area contributed by atoms with E-state index in [9.17, 15) is 4.21 Å². The van der Waals surface area contributed by atoms with Crippen molar-refractivity contribution in [2.24, 2.45) is 0 Å². The van der Waals surface area contributed by atoms with Gasteiger partial charge in [0.1, 0.15) is 0 Å². The Morgan fingerprint density at radius 2 is 2.00 bits per heavy atom. The number of hydrogen-bond donors (Lipinski definition) is 1. The molecule has 90 valence electrons. The SMILES string of the molecule is CCOC[C@@H](C)Nc1ccc([S@](C)=O)cc1. The first-order valence-corrected chi connectivity index (χ1v) is 6.97. The highest BCUT2D eigenvalue weighted by molar-refractivity contribution is 7.84. The number of anilines is 1. The van der Waals surface area contributed by atoms with Crippen LogP contribution in [0.5, 0.6) is 0 Å². The lowest BCUT2D eigenvalue weighted by Crippen LogP contribution is -2.21. The van der Waals surface area contributed by atoms with Gasteiger partial charge in [0.2, 0.25) is 0 Å². The molecule has 3 nitrogen and oxygen atoms in total. The zero-order valence-corrected chi connectivity index (χ0v) is 10.8. The molecule has 1 aromatic carbocycles. The van der Waals surface area contributed by atoms with Gasteiger partial charge in [0.05, 0.1) is 6.61 Å². The molecular formula is C12H19NO2S. The summed E-state index contributed by atoms with van der Waals surface area (Å²) in [5, 5.41) is 3.32. The van der Waals surface area contributed by atoms with E-state index in [-0.39, 0.29) is 6.04 Å². The van der Waals surface area contributed by atoms with E-state index in [1.165, 1.54) is 0 Å². The van der Waals surface area contributed by atoms with Crippen LogP contribution in [0.3, 0.4) is 0 Å². The van der Waals surface area contributed by atoms with Crippen LogP contribution >= 0.6 is 0 Å². The summed E-state index contributed by atoms with van der Waals surface area (Å²) < 4.78 is 16.5. The van der Waals surface area contributed by atoms with Gasteiger partial charge in [0, 0.05) is 40.3 Å². The lowest BCUT2D eigenvalue weighted by atomic mass is 10.3. The zero-order chi connectivity index (χ0) is 12.0. The average Bonchev–Trinajstić information content (AvgIpc) is 2.27. The van der Waals surface area contributed by atoms with Crippen molar-refractivity contribution >= 4 is 16.5 Å². The first-order chi connectivity index (χ1) is 7.63. The Labute approximate surface area is 99.7 Å². The molecule has 0 saturated carbocycles. The fraction of sp³-hybridized carbons (Fsp3) is 0.500. The summed E-state index contributed by atoms with van der Waals surface area (Å²) >= 11 is 0. The molecule has 4 heteroatoms. The van der Waals surface area contributed by atoms with Crippen molar-refractivity contribution in [3.63, 3.8) is 0 Å². The predicted octanol–water partition coefficient (Wildman–Crippen LogP) is 2.26. The first kappa shape index (κ1) is 13.2. The molecule has 0 fully saturated rings. The Morgan fingerprint density at radius 3 is 2.50 bits per heavy atom. The summed E-state index contributed by atoms with van der Waals surface area (Å²) in [7, 11) is -0.907. The minimum Gasteiger partial charge on any atom is -0.380 e. The van der Waals surface area contributed by atoms with E-state index in [2.05, 4.69) is 12.2 Å². The molecule has 0 aliphatic heterocycles. The van der Waals surface area contributed by atoms with Crippen molar-refractivity contribution in [1.29, 1.82) is 0 Å². The highest BCUT2D eigenvalue weighted by Gasteiger charge is 2.02. The van der Waals surface area contributed by atoms with Crippen molar-refractivity contribution in [1.82, 2.24) is 0 Å². The van der Waals surface area contributed by atoms with Gasteiger partial charge in [-0.15, -0.1) is 0 Å². The molecule has 1 aromatic rings. The molecule has 0 aliphatic carbocycles. The maximum atomic E-state index is 11.2. The van der Waals surface area contributed by atoms with Crippen LogP contribution in [0.4, 0.5) is 5.69 Å². The van der Waals surface area contributed by atoms with Crippen molar-refractivity contribution in [2.75, 3.05) is 24.8 Å². The highest BCUT2D eigenvalue weighted by Crippen LogP contribution is 2.12. The molecule has 0 amide bonds. The summed E-state index contributed by atoms with van der Waals surface area (Å²) in [6.07, 6.45) is 1.68. The fourth-order valence-electron chi connectivity index (χ4n) is 1.36. The lowest BCUT2D eigenvalue weighted by Gasteiger charge is -2.15. The third-order valence-electron chi connectivity index (χ3n) is 2.17. The largest absolute Gasteiger partial charge is 0.380 e. The van der Waals surface area contributed by atoms with Gasteiger partial charge in [-0.25, -0.2) is 0 Å². The molecule has 0 aromatic heterocycles. The van der Waals surface area contributed by atoms with Gasteiger partial charge in [0.25, 0.3) is 0 Å². The van der Waals surface area contributed by atoms with Crippen molar-refractivity contribution in [2.45, 2.75) is 24.8 Å². The van der Waals surface area contributed by atoms with Gasteiger partial charge in [-0.2, -0.15) is 0 Å². The van der Waals surface area contributed by atoms with Crippen molar-refractivity contribution < 1.29 is 8.95 Å². The normalized spacial score (nSPS) is 14.4. The third kappa shape index (κ3) is 4.33. The highest BCUT2D eigenvalue weighted by atomic mass is 32.2. The maximum absolute atomic E-state index is 11.2. The molecule has 2 atom stereocenters. The molecule has 16 heavy (non-hydrogen) atoms. The van der Waals surface area contributed by atoms with Crippen molar-refractivity contribution in [3.05, 3.63) is 24.3 Å². The predicted molar refractivity (Wildman–Crippen MR) is 68.4 cm³/mol. The molecule has 0 radical (unpaired) electrons. The van der Waals surface area contributed by atoms with Gasteiger partial charge in [-0.3, -0.25) is 4.21 Å². The Morgan fingerprint density at radius 1 is 1.38 bits per heavy atom. The second-order valence-corrected chi connectivity index (χ2v) is 5.06. The van der Waals surface area contributed by atoms with Crippen LogP contribution in [0, 0.1) is 0 Å². The van der Waals surface area contributed by atoms with Crippen LogP contribution < -0.4 is 5.32 Å². The summed E-state index contributed by atoms with van der Waals surface area (Å²) in [5.41, 5.74) is 1.03. The van der Waals surface area contributed by atoms with Gasteiger partial charge in [-0.1, -0.05) is 0 Å². The van der Waals surface area contributed by atoms with Gasteiger partial charge < -0.3 is 10.1 Å². The monoisotopic (exact) mass is 241 g/mol. The summed E-state index contributed by atoms with van der Waals surface area (Å²) in [5.74, 6) is 0. The van der Waals surface area contributed by atoms with E-state index in [1.54, 1.807) is 6.26 Å². The summed E-state index contributed by atoms with van der Waals surface area (Å²) in [6.45, 7) is 5.48. The molecule has 0 aliphatic rings. The fourth-order valence-corrected chi connectivity index (χ4v) is 1.88. The van der Waals surface area contributed by atoms with E-state index in [1.807, 2.05) is 31.2 Å². The minimum atomic E-state index is -0.907. The van der Waals surface area contributed by atoms with Gasteiger partial charge >= 0.3 is 0 Å². The Bertz CT molecular complexity index is 337. The minimum absolute atomic E-state index is 0.276. The number of nitrogens with one attached hydrogen (secondary N) is 1. The molecule has 1 N–H and O–H groups in total. The molecule has 0 spiro atoms. The Kier molecular flexibility index (Phi) is 5.49. The smallest absolute Gasteiger partial charge is 0.0664 e. The molecular weight excluding hydrogens is 222 g/mol. The molecule has 0 saturated heterocycles. The van der Waals surface area contributed by atoms with Crippen LogP contribution in [-0.2, 0) is 15.5 Å². The van der Waals surface area contributed by atoms with Crippen LogP contribution in [0.15, 0.2) is 29.2 Å². The molecule has 0 unspecified atom stereocenters. The van der Waals surface area contributed by atoms with Gasteiger partial charge in [-0.05, 0) is 38.1 Å². The zero-order valence-electron chi connectivity index (χ0n) is 10.0. The van der Waals surface area contributed by atoms with Crippen LogP contribution in [0.2, 0.25) is 0 Å². The maximum Gasteiger partial charge on any atom is 0.0664 e. The van der Waals surface area contributed by atoms with Crippen LogP contribution in [-0.4, -0.2) is 29.7 Å². The van der Waals surface area contributed by atoms with Crippen LogP contribution in [0.25, 0.3) is 0 Å². The average molecular weight is 241 g/mol. The number of benzene rings is 1. The second-order valence-electron chi connectivity index (χ2n) is 3.68. The first-order valence-electron chi connectivity index (χ1n) is 5.41. The standard InChI is InChI=1S/C12H19NO2S/c1-4-15-9-10(2)13-11-5-7-12(8-6-11)16(3)14/h5-8,10,13H,4,9H2,1-3H3/t10-,16+/m1/s1. The Hall–Kier alpha value is -0.870. The topological polar surface area (TPSA) is 38.3 Å². The summed E-state index contributed by atoms with van der Waals surface area (Å²) in [6, 6.07) is 7.92. The molecule has 0 bridgehead atoms. The van der Waals surface area contributed by atoms with Gasteiger partial charge in [0.15, 0.2) is 0 Å². The number of rotatable bonds is 6. The van der Waals surface area contributed by atoms with Crippen molar-refractivity contribution in [3.8, 4) is 0 Å². The van der Waals surface area contributed by atoms with E-state index >= 15 is 0 Å². The summed E-state index contributed by atoms with van der Waals surface area (Å²) in [4.78, 5) is 0.850. The van der Waals surface area contributed by atoms with E-state index in [4.69, 9.17) is 4.74 Å². The molecule has 0 heterocycles. The van der Waals surface area contributed by atoms with E-state index in [0.717, 1.165) is 17.2 Å². The second kappa shape index (κ2) is 6.66. The third-order valence-corrected chi connectivity index (χ3v) is 3.11. The Balaban J connectivity index is 2.51. The number of hydrogen-bond acceptors (Lipinski definition) is 3. The van der Waals surface area contributed by atoms with E-state index < -0.39 is 10.8 Å². The lowest BCUT2D eigenvalue weighted by molar-refractivity contribution is 0.141. The van der Waals surface area contributed by atoms with E-state index in [0.29, 0.717) is 6.61 Å². The number of ether oxygens (including phenoxy) is 1. The quantitative estimate of drug-likeness (QED) is 0.830. The van der Waals surface area contributed by atoms with Crippen LogP contribution in [0.1, 0.15) is 13.8 Å². The molecule has 1 rings (SSSR count).